The second kappa shape index (κ2) is 8.34. The molecule has 0 spiro atoms. The summed E-state index contributed by atoms with van der Waals surface area (Å²) in [6, 6.07) is 4.90. The highest BCUT2D eigenvalue weighted by Gasteiger charge is 2.14. The van der Waals surface area contributed by atoms with Crippen LogP contribution in [-0.2, 0) is 9.59 Å². The number of nitrogens with zero attached hydrogens (tertiary/aromatic N) is 1. The molecule has 0 heterocycles. The van der Waals surface area contributed by atoms with Crippen LogP contribution in [0.3, 0.4) is 0 Å². The monoisotopic (exact) mass is 380 g/mol. The fourth-order valence-electron chi connectivity index (χ4n) is 1.70. The number of halogens is 1. The maximum absolute atomic E-state index is 11.9. The molecule has 0 radical (unpaired) electrons. The zero-order valence-corrected chi connectivity index (χ0v) is 14.9. The van der Waals surface area contributed by atoms with E-state index in [1.807, 2.05) is 6.07 Å². The van der Waals surface area contributed by atoms with E-state index in [0.29, 0.717) is 15.8 Å². The van der Waals surface area contributed by atoms with Crippen molar-refractivity contribution in [1.29, 1.82) is 5.26 Å². The topological polar surface area (TPSA) is 88.4 Å². The molecule has 0 aliphatic heterocycles. The number of rotatable bonds is 5. The number of ether oxygens (including phenoxy) is 2. The molecule has 23 heavy (non-hydrogen) atoms. The van der Waals surface area contributed by atoms with Gasteiger partial charge in [-0.15, -0.1) is 0 Å². The molecule has 0 unspecified atom stereocenters. The lowest BCUT2D eigenvalue weighted by Crippen LogP contribution is -2.30. The molecule has 122 valence electrons. The lowest BCUT2D eigenvalue weighted by molar-refractivity contribution is -0.132. The molecule has 0 fully saturated rings. The van der Waals surface area contributed by atoms with Gasteiger partial charge in [-0.3, -0.25) is 9.59 Å². The summed E-state index contributed by atoms with van der Waals surface area (Å²) in [5, 5.41) is 11.8. The van der Waals surface area contributed by atoms with Gasteiger partial charge in [0.2, 0.25) is 0 Å². The largest absolute Gasteiger partial charge is 0.493 e. The highest BCUT2D eigenvalue weighted by molar-refractivity contribution is 9.10. The number of carbonyl (C=O) groups is 2. The minimum Gasteiger partial charge on any atom is -0.493 e. The number of methoxy groups -OCH3 is 1. The second-order valence-corrected chi connectivity index (χ2v) is 5.77. The van der Waals surface area contributed by atoms with Crippen LogP contribution in [0.15, 0.2) is 22.2 Å². The van der Waals surface area contributed by atoms with Crippen molar-refractivity contribution in [2.24, 2.45) is 0 Å². The third kappa shape index (κ3) is 5.42. The maximum Gasteiger partial charge on any atom is 0.308 e. The predicted molar refractivity (Wildman–Crippen MR) is 88.9 cm³/mol. The Morgan fingerprint density at radius 1 is 1.35 bits per heavy atom. The van der Waals surface area contributed by atoms with E-state index < -0.39 is 11.9 Å². The summed E-state index contributed by atoms with van der Waals surface area (Å²) in [5.74, 6) is -0.379. The van der Waals surface area contributed by atoms with E-state index in [-0.39, 0.29) is 17.4 Å². The third-order valence-electron chi connectivity index (χ3n) is 2.62. The van der Waals surface area contributed by atoms with Crippen molar-refractivity contribution in [2.75, 3.05) is 7.11 Å². The normalized spacial score (nSPS) is 10.9. The van der Waals surface area contributed by atoms with E-state index >= 15 is 0 Å². The first-order chi connectivity index (χ1) is 10.8. The van der Waals surface area contributed by atoms with E-state index in [2.05, 4.69) is 21.2 Å². The average molecular weight is 381 g/mol. The number of nitrogens with one attached hydrogen (secondary N) is 1. The van der Waals surface area contributed by atoms with Crippen molar-refractivity contribution in [3.05, 3.63) is 27.7 Å². The van der Waals surface area contributed by atoms with E-state index in [1.165, 1.54) is 20.1 Å². The Morgan fingerprint density at radius 3 is 2.48 bits per heavy atom. The smallest absolute Gasteiger partial charge is 0.308 e. The molecule has 1 aromatic carbocycles. The number of carbonyl (C=O) groups excluding carboxylic acids is 2. The fraction of sp³-hybridized carbons (Fsp3) is 0.312. The molecule has 1 rings (SSSR count). The van der Waals surface area contributed by atoms with E-state index in [1.54, 1.807) is 26.0 Å². The molecule has 0 saturated heterocycles. The van der Waals surface area contributed by atoms with Gasteiger partial charge < -0.3 is 14.8 Å². The highest BCUT2D eigenvalue weighted by atomic mass is 79.9. The molecule has 1 aromatic rings. The second-order valence-electron chi connectivity index (χ2n) is 4.92. The minimum absolute atomic E-state index is 0.0401. The Morgan fingerprint density at radius 2 is 2.00 bits per heavy atom. The Bertz CT molecular complexity index is 690. The van der Waals surface area contributed by atoms with Gasteiger partial charge in [0.15, 0.2) is 11.5 Å². The van der Waals surface area contributed by atoms with E-state index in [9.17, 15) is 9.59 Å². The summed E-state index contributed by atoms with van der Waals surface area (Å²) in [7, 11) is 1.43. The van der Waals surface area contributed by atoms with Crippen molar-refractivity contribution in [2.45, 2.75) is 26.8 Å². The van der Waals surface area contributed by atoms with Crippen LogP contribution in [-0.4, -0.2) is 25.0 Å². The van der Waals surface area contributed by atoms with E-state index in [0.717, 1.165) is 0 Å². The molecular weight excluding hydrogens is 364 g/mol. The lowest BCUT2D eigenvalue weighted by Gasteiger charge is -2.11. The van der Waals surface area contributed by atoms with Gasteiger partial charge in [0.25, 0.3) is 5.91 Å². The number of amides is 1. The lowest BCUT2D eigenvalue weighted by atomic mass is 10.1. The molecule has 0 aromatic heterocycles. The fourth-order valence-corrected chi connectivity index (χ4v) is 2.14. The summed E-state index contributed by atoms with van der Waals surface area (Å²) in [6.07, 6.45) is 1.43. The van der Waals surface area contributed by atoms with Crippen molar-refractivity contribution in [1.82, 2.24) is 5.32 Å². The molecule has 1 N–H and O–H groups in total. The van der Waals surface area contributed by atoms with Gasteiger partial charge in [0.05, 0.1) is 7.11 Å². The van der Waals surface area contributed by atoms with Crippen LogP contribution in [0.2, 0.25) is 0 Å². The molecule has 0 atom stereocenters. The van der Waals surface area contributed by atoms with Gasteiger partial charge in [-0.25, -0.2) is 0 Å². The third-order valence-corrected chi connectivity index (χ3v) is 3.31. The molecule has 1 amide bonds. The van der Waals surface area contributed by atoms with Crippen molar-refractivity contribution in [3.63, 3.8) is 0 Å². The zero-order valence-electron chi connectivity index (χ0n) is 13.3. The summed E-state index contributed by atoms with van der Waals surface area (Å²) < 4.78 is 10.8. The first kappa shape index (κ1) is 18.7. The van der Waals surface area contributed by atoms with Crippen LogP contribution in [0.1, 0.15) is 26.3 Å². The highest BCUT2D eigenvalue weighted by Crippen LogP contribution is 2.34. The Kier molecular flexibility index (Phi) is 6.79. The summed E-state index contributed by atoms with van der Waals surface area (Å²) in [6.45, 7) is 4.89. The Balaban J connectivity index is 3.26. The summed E-state index contributed by atoms with van der Waals surface area (Å²) in [5.41, 5.74) is 0.509. The average Bonchev–Trinajstić information content (AvgIpc) is 2.45. The standard InChI is InChI=1S/C16H17BrN2O4/c1-9(2)19-16(21)12(8-18)5-11-6-14(22-4)15(7-13(11)17)23-10(3)20/h5-7,9H,1-4H3,(H,19,21)/b12-5-. The number of hydrogen-bond acceptors (Lipinski definition) is 5. The van der Waals surface area contributed by atoms with Gasteiger partial charge in [-0.2, -0.15) is 5.26 Å². The van der Waals surface area contributed by atoms with Crippen LogP contribution >= 0.6 is 15.9 Å². The molecule has 6 nitrogen and oxygen atoms in total. The molecule has 0 aliphatic rings. The van der Waals surface area contributed by atoms with Gasteiger partial charge in [0.1, 0.15) is 11.6 Å². The minimum atomic E-state index is -0.479. The quantitative estimate of drug-likeness (QED) is 0.367. The van der Waals surface area contributed by atoms with Crippen LogP contribution in [0, 0.1) is 11.3 Å². The van der Waals surface area contributed by atoms with Crippen LogP contribution in [0.5, 0.6) is 11.5 Å². The summed E-state index contributed by atoms with van der Waals surface area (Å²) >= 11 is 3.33. The SMILES string of the molecule is COc1cc(/C=C(/C#N)C(=O)NC(C)C)c(Br)cc1OC(C)=O. The number of benzene rings is 1. The first-order valence-electron chi connectivity index (χ1n) is 6.77. The molecule has 0 bridgehead atoms. The van der Waals surface area contributed by atoms with E-state index in [4.69, 9.17) is 14.7 Å². The van der Waals surface area contributed by atoms with Gasteiger partial charge in [0, 0.05) is 17.4 Å². The van der Waals surface area contributed by atoms with Crippen molar-refractivity contribution in [3.8, 4) is 17.6 Å². The number of esters is 1. The van der Waals surface area contributed by atoms with Gasteiger partial charge in [-0.05, 0) is 37.6 Å². The Hall–Kier alpha value is -2.33. The maximum atomic E-state index is 11.9. The Labute approximate surface area is 143 Å². The molecule has 0 aliphatic carbocycles. The predicted octanol–water partition coefficient (Wildman–Crippen LogP) is 2.81. The van der Waals surface area contributed by atoms with Gasteiger partial charge >= 0.3 is 5.97 Å². The summed E-state index contributed by atoms with van der Waals surface area (Å²) in [4.78, 5) is 23.0. The van der Waals surface area contributed by atoms with Crippen molar-refractivity contribution >= 4 is 33.9 Å². The number of nitriles is 1. The zero-order chi connectivity index (χ0) is 17.6. The molecule has 7 heteroatoms. The molecular formula is C16H17BrN2O4. The first-order valence-corrected chi connectivity index (χ1v) is 7.56. The number of hydrogen-bond donors (Lipinski definition) is 1. The van der Waals surface area contributed by atoms with Crippen LogP contribution in [0.25, 0.3) is 6.08 Å². The van der Waals surface area contributed by atoms with Gasteiger partial charge in [-0.1, -0.05) is 15.9 Å². The molecule has 0 saturated carbocycles. The van der Waals surface area contributed by atoms with Crippen LogP contribution < -0.4 is 14.8 Å². The van der Waals surface area contributed by atoms with Crippen LogP contribution in [0.4, 0.5) is 0 Å². The van der Waals surface area contributed by atoms with Crippen molar-refractivity contribution < 1.29 is 19.1 Å².